The van der Waals surface area contributed by atoms with Gasteiger partial charge in [0.05, 0.1) is 25.0 Å². The van der Waals surface area contributed by atoms with E-state index in [0.717, 1.165) is 44.5 Å². The fourth-order valence-electron chi connectivity index (χ4n) is 3.11. The van der Waals surface area contributed by atoms with E-state index in [4.69, 9.17) is 9.15 Å². The van der Waals surface area contributed by atoms with Crippen molar-refractivity contribution in [1.82, 2.24) is 15.5 Å². The number of furan rings is 1. The van der Waals surface area contributed by atoms with Crippen molar-refractivity contribution in [3.63, 3.8) is 0 Å². The lowest BCUT2D eigenvalue weighted by molar-refractivity contribution is -0.0334. The number of aliphatic imine (C=N–C) groups is 1. The molecule has 0 saturated carbocycles. The van der Waals surface area contributed by atoms with Crippen molar-refractivity contribution in [3.8, 4) is 0 Å². The van der Waals surface area contributed by atoms with E-state index in [0.29, 0.717) is 12.6 Å². The second kappa shape index (κ2) is 9.75. The van der Waals surface area contributed by atoms with E-state index in [1.807, 2.05) is 12.1 Å². The normalized spacial score (nSPS) is 20.1. The maximum atomic E-state index is 5.71. The van der Waals surface area contributed by atoms with Crippen LogP contribution in [-0.4, -0.2) is 49.7 Å². The zero-order chi connectivity index (χ0) is 18.2. The third-order valence-electron chi connectivity index (χ3n) is 4.37. The molecule has 26 heavy (non-hydrogen) atoms. The lowest BCUT2D eigenvalue weighted by atomic mass is 10.1. The highest BCUT2D eigenvalue weighted by Crippen LogP contribution is 2.26. The molecule has 0 aliphatic carbocycles. The molecule has 0 spiro atoms. The van der Waals surface area contributed by atoms with Gasteiger partial charge in [-0.3, -0.25) is 4.90 Å². The molecular formula is C19H28N4O2S. The van der Waals surface area contributed by atoms with E-state index < -0.39 is 0 Å². The maximum Gasteiger partial charge on any atom is 0.191 e. The van der Waals surface area contributed by atoms with Crippen molar-refractivity contribution in [2.24, 2.45) is 4.99 Å². The highest BCUT2D eigenvalue weighted by molar-refractivity contribution is 7.10. The topological polar surface area (TPSA) is 62.0 Å². The standard InChI is InChI=1S/C19H28N4O2S/c1-3-20-19(21-12-16-6-4-9-25-16)22-13-17(18-7-5-11-26-18)23-8-10-24-15(2)14-23/h4-7,9,11,15,17H,3,8,10,12-14H2,1-2H3,(H2,20,21,22). The van der Waals surface area contributed by atoms with Gasteiger partial charge in [-0.15, -0.1) is 11.3 Å². The molecule has 1 fully saturated rings. The van der Waals surface area contributed by atoms with Crippen molar-refractivity contribution in [3.05, 3.63) is 46.5 Å². The number of ether oxygens (including phenoxy) is 1. The third kappa shape index (κ3) is 5.33. The van der Waals surface area contributed by atoms with Gasteiger partial charge in [-0.05, 0) is 37.4 Å². The van der Waals surface area contributed by atoms with Gasteiger partial charge in [-0.2, -0.15) is 0 Å². The van der Waals surface area contributed by atoms with Crippen LogP contribution in [0.25, 0.3) is 0 Å². The van der Waals surface area contributed by atoms with Gasteiger partial charge in [0.2, 0.25) is 0 Å². The van der Waals surface area contributed by atoms with E-state index in [-0.39, 0.29) is 6.10 Å². The first kappa shape index (κ1) is 18.9. The molecule has 1 aliphatic rings. The largest absolute Gasteiger partial charge is 0.467 e. The van der Waals surface area contributed by atoms with Crippen molar-refractivity contribution in [1.29, 1.82) is 0 Å². The lowest BCUT2D eigenvalue weighted by Crippen LogP contribution is -2.48. The number of guanidine groups is 1. The molecule has 2 aromatic heterocycles. The lowest BCUT2D eigenvalue weighted by Gasteiger charge is -2.37. The minimum Gasteiger partial charge on any atom is -0.467 e. The first-order valence-electron chi connectivity index (χ1n) is 9.20. The Bertz CT molecular complexity index is 657. The Hall–Kier alpha value is -1.83. The molecule has 3 rings (SSSR count). The Morgan fingerprint density at radius 2 is 2.31 bits per heavy atom. The number of nitrogens with one attached hydrogen (secondary N) is 2. The van der Waals surface area contributed by atoms with Gasteiger partial charge >= 0.3 is 0 Å². The maximum absolute atomic E-state index is 5.71. The van der Waals surface area contributed by atoms with E-state index in [9.17, 15) is 0 Å². The van der Waals surface area contributed by atoms with Gasteiger partial charge in [0.1, 0.15) is 12.3 Å². The van der Waals surface area contributed by atoms with Gasteiger partial charge in [0, 0.05) is 31.1 Å². The van der Waals surface area contributed by atoms with Gasteiger partial charge in [0.15, 0.2) is 5.96 Å². The average Bonchev–Trinajstić information content (AvgIpc) is 3.34. The first-order chi connectivity index (χ1) is 12.8. The third-order valence-corrected chi connectivity index (χ3v) is 5.34. The summed E-state index contributed by atoms with van der Waals surface area (Å²) in [6.07, 6.45) is 1.95. The minimum absolute atomic E-state index is 0.270. The molecule has 1 saturated heterocycles. The molecule has 1 aliphatic heterocycles. The summed E-state index contributed by atoms with van der Waals surface area (Å²) >= 11 is 1.80. The molecule has 2 aromatic rings. The second-order valence-corrected chi connectivity index (χ2v) is 7.34. The summed E-state index contributed by atoms with van der Waals surface area (Å²) < 4.78 is 11.1. The van der Waals surface area contributed by atoms with E-state index >= 15 is 0 Å². The zero-order valence-corrected chi connectivity index (χ0v) is 16.3. The number of thiophene rings is 1. The Morgan fingerprint density at radius 3 is 3.00 bits per heavy atom. The molecule has 2 N–H and O–H groups in total. The average molecular weight is 377 g/mol. The highest BCUT2D eigenvalue weighted by atomic mass is 32.1. The van der Waals surface area contributed by atoms with Crippen LogP contribution in [-0.2, 0) is 11.3 Å². The molecule has 0 radical (unpaired) electrons. The number of rotatable bonds is 7. The molecule has 7 heteroatoms. The van der Waals surface area contributed by atoms with Crippen LogP contribution >= 0.6 is 11.3 Å². The quantitative estimate of drug-likeness (QED) is 0.575. The molecule has 3 heterocycles. The van der Waals surface area contributed by atoms with Crippen LogP contribution in [0.1, 0.15) is 30.5 Å². The second-order valence-electron chi connectivity index (χ2n) is 6.36. The van der Waals surface area contributed by atoms with Crippen molar-refractivity contribution in [2.75, 3.05) is 32.8 Å². The number of hydrogen-bond donors (Lipinski definition) is 2. The van der Waals surface area contributed by atoms with Crippen LogP contribution in [0, 0.1) is 0 Å². The van der Waals surface area contributed by atoms with Crippen LogP contribution < -0.4 is 10.6 Å². The molecule has 0 bridgehead atoms. The van der Waals surface area contributed by atoms with E-state index in [1.54, 1.807) is 17.6 Å². The number of morpholine rings is 1. The summed E-state index contributed by atoms with van der Waals surface area (Å²) in [6, 6.07) is 8.47. The minimum atomic E-state index is 0.270. The summed E-state index contributed by atoms with van der Waals surface area (Å²) in [5.41, 5.74) is 0. The SMILES string of the molecule is CCNC(=NCc1ccco1)NCC(c1cccs1)N1CCOC(C)C1. The smallest absolute Gasteiger partial charge is 0.191 e. The van der Waals surface area contributed by atoms with Crippen molar-refractivity contribution >= 4 is 17.3 Å². The predicted molar refractivity (Wildman–Crippen MR) is 106 cm³/mol. The van der Waals surface area contributed by atoms with Crippen LogP contribution in [0.15, 0.2) is 45.3 Å². The van der Waals surface area contributed by atoms with Crippen molar-refractivity contribution < 1.29 is 9.15 Å². The fourth-order valence-corrected chi connectivity index (χ4v) is 3.97. The summed E-state index contributed by atoms with van der Waals surface area (Å²) in [6.45, 7) is 9.05. The van der Waals surface area contributed by atoms with Crippen molar-refractivity contribution in [2.45, 2.75) is 32.5 Å². The van der Waals surface area contributed by atoms with E-state index in [2.05, 4.69) is 51.9 Å². The van der Waals surface area contributed by atoms with Crippen LogP contribution in [0.4, 0.5) is 0 Å². The van der Waals surface area contributed by atoms with Gasteiger partial charge in [-0.1, -0.05) is 6.07 Å². The molecule has 2 unspecified atom stereocenters. The van der Waals surface area contributed by atoms with Gasteiger partial charge < -0.3 is 19.8 Å². The molecule has 142 valence electrons. The molecule has 0 amide bonds. The monoisotopic (exact) mass is 376 g/mol. The fraction of sp³-hybridized carbons (Fsp3) is 0.526. The van der Waals surface area contributed by atoms with Gasteiger partial charge in [-0.25, -0.2) is 4.99 Å². The molecular weight excluding hydrogens is 348 g/mol. The van der Waals surface area contributed by atoms with Gasteiger partial charge in [0.25, 0.3) is 0 Å². The van der Waals surface area contributed by atoms with E-state index in [1.165, 1.54) is 4.88 Å². The molecule has 0 aromatic carbocycles. The summed E-state index contributed by atoms with van der Waals surface area (Å²) in [4.78, 5) is 8.50. The molecule has 2 atom stereocenters. The predicted octanol–water partition coefficient (Wildman–Crippen LogP) is 2.86. The zero-order valence-electron chi connectivity index (χ0n) is 15.5. The Kier molecular flexibility index (Phi) is 7.11. The van der Waals surface area contributed by atoms with Crippen LogP contribution in [0.2, 0.25) is 0 Å². The summed E-state index contributed by atoms with van der Waals surface area (Å²) in [5, 5.41) is 8.96. The molecule has 6 nitrogen and oxygen atoms in total. The highest BCUT2D eigenvalue weighted by Gasteiger charge is 2.26. The number of nitrogens with zero attached hydrogens (tertiary/aromatic N) is 2. The Balaban J connectivity index is 1.65. The first-order valence-corrected chi connectivity index (χ1v) is 10.1. The summed E-state index contributed by atoms with van der Waals surface area (Å²) in [5.74, 6) is 1.67. The Morgan fingerprint density at radius 1 is 1.38 bits per heavy atom. The van der Waals surface area contributed by atoms with Crippen LogP contribution in [0.3, 0.4) is 0 Å². The summed E-state index contributed by atoms with van der Waals surface area (Å²) in [7, 11) is 0. The van der Waals surface area contributed by atoms with Crippen LogP contribution in [0.5, 0.6) is 0 Å². The number of hydrogen-bond acceptors (Lipinski definition) is 5. The Labute approximate surface area is 159 Å².